The van der Waals surface area contributed by atoms with E-state index < -0.39 is 17.3 Å². The van der Waals surface area contributed by atoms with Crippen molar-refractivity contribution in [3.63, 3.8) is 0 Å². The molecule has 1 N–H and O–H groups in total. The highest BCUT2D eigenvalue weighted by Crippen LogP contribution is 2.37. The molecule has 3 rings (SSSR count). The van der Waals surface area contributed by atoms with Crippen LogP contribution in [0.1, 0.15) is 44.2 Å². The van der Waals surface area contributed by atoms with Crippen molar-refractivity contribution < 1.29 is 23.1 Å². The number of benzene rings is 2. The number of carbonyl (C=O) groups excluding carboxylic acids is 1. The number of hydrogen-bond acceptors (Lipinski definition) is 3. The molecule has 0 aromatic heterocycles. The van der Waals surface area contributed by atoms with E-state index in [1.165, 1.54) is 6.07 Å². The summed E-state index contributed by atoms with van der Waals surface area (Å²) in [4.78, 5) is 16.5. The number of para-hydroxylation sites is 1. The standard InChI is InChI=1S/C24H29F3N2O2.ClH/c1-3-22(30)29(21-10-5-4-6-11-21)18(2)17-28-14-12-23(31,13-15-28)19-8-7-9-20(16-19)24(25,26)27;/h4-11,16,18,31H,3,12-15,17H2,1-2H3;1H. The molecule has 1 fully saturated rings. The van der Waals surface area contributed by atoms with Gasteiger partial charge in [-0.25, -0.2) is 0 Å². The quantitative estimate of drug-likeness (QED) is 0.627. The van der Waals surface area contributed by atoms with Crippen LogP contribution in [-0.4, -0.2) is 41.6 Å². The Morgan fingerprint density at radius 3 is 2.31 bits per heavy atom. The molecule has 32 heavy (non-hydrogen) atoms. The topological polar surface area (TPSA) is 43.8 Å². The van der Waals surface area contributed by atoms with Crippen molar-refractivity contribution in [2.75, 3.05) is 24.5 Å². The number of halogens is 4. The number of nitrogens with zero attached hydrogens (tertiary/aromatic N) is 2. The van der Waals surface area contributed by atoms with Gasteiger partial charge in [-0.05, 0) is 49.6 Å². The minimum absolute atomic E-state index is 0. The fourth-order valence-electron chi connectivity index (χ4n) is 4.24. The fraction of sp³-hybridized carbons (Fsp3) is 0.458. The van der Waals surface area contributed by atoms with Gasteiger partial charge in [-0.2, -0.15) is 13.2 Å². The van der Waals surface area contributed by atoms with Gasteiger partial charge in [-0.1, -0.05) is 37.3 Å². The average molecular weight is 471 g/mol. The van der Waals surface area contributed by atoms with Crippen molar-refractivity contribution in [3.8, 4) is 0 Å². The predicted octanol–water partition coefficient (Wildman–Crippen LogP) is 5.24. The van der Waals surface area contributed by atoms with Gasteiger partial charge in [-0.3, -0.25) is 4.79 Å². The highest BCUT2D eigenvalue weighted by molar-refractivity contribution is 5.93. The second-order valence-corrected chi connectivity index (χ2v) is 8.21. The van der Waals surface area contributed by atoms with Crippen LogP contribution in [0.3, 0.4) is 0 Å². The number of aliphatic hydroxyl groups is 1. The zero-order valence-corrected chi connectivity index (χ0v) is 19.1. The van der Waals surface area contributed by atoms with Gasteiger partial charge in [0.15, 0.2) is 0 Å². The van der Waals surface area contributed by atoms with E-state index in [2.05, 4.69) is 4.90 Å². The maximum Gasteiger partial charge on any atom is 0.416 e. The Hall–Kier alpha value is -2.09. The zero-order chi connectivity index (χ0) is 22.6. The van der Waals surface area contributed by atoms with E-state index in [-0.39, 0.29) is 24.4 Å². The summed E-state index contributed by atoms with van der Waals surface area (Å²) >= 11 is 0. The van der Waals surface area contributed by atoms with Crippen LogP contribution in [0.5, 0.6) is 0 Å². The third-order valence-electron chi connectivity index (χ3n) is 5.98. The summed E-state index contributed by atoms with van der Waals surface area (Å²) in [7, 11) is 0. The summed E-state index contributed by atoms with van der Waals surface area (Å²) < 4.78 is 39.2. The Morgan fingerprint density at radius 1 is 1.12 bits per heavy atom. The zero-order valence-electron chi connectivity index (χ0n) is 18.3. The van der Waals surface area contributed by atoms with Crippen molar-refractivity contribution in [1.82, 2.24) is 4.90 Å². The van der Waals surface area contributed by atoms with Gasteiger partial charge in [-0.15, -0.1) is 12.4 Å². The molecular weight excluding hydrogens is 441 g/mol. The van der Waals surface area contributed by atoms with Crippen LogP contribution in [0.15, 0.2) is 54.6 Å². The molecule has 1 amide bonds. The van der Waals surface area contributed by atoms with Crippen molar-refractivity contribution >= 4 is 24.0 Å². The third kappa shape index (κ3) is 6.03. The second-order valence-electron chi connectivity index (χ2n) is 8.21. The Labute approximate surface area is 193 Å². The number of amides is 1. The molecule has 2 aromatic rings. The first-order valence-electron chi connectivity index (χ1n) is 10.6. The minimum atomic E-state index is -4.44. The van der Waals surface area contributed by atoms with E-state index in [4.69, 9.17) is 0 Å². The van der Waals surface area contributed by atoms with Crippen LogP contribution in [0, 0.1) is 0 Å². The van der Waals surface area contributed by atoms with Crippen molar-refractivity contribution in [3.05, 3.63) is 65.7 Å². The molecule has 8 heteroatoms. The summed E-state index contributed by atoms with van der Waals surface area (Å²) in [6, 6.07) is 14.4. The Morgan fingerprint density at radius 2 is 1.75 bits per heavy atom. The molecule has 0 bridgehead atoms. The largest absolute Gasteiger partial charge is 0.416 e. The smallest absolute Gasteiger partial charge is 0.385 e. The van der Waals surface area contributed by atoms with Crippen molar-refractivity contribution in [2.24, 2.45) is 0 Å². The van der Waals surface area contributed by atoms with Crippen molar-refractivity contribution in [2.45, 2.75) is 50.9 Å². The van der Waals surface area contributed by atoms with Gasteiger partial charge in [0, 0.05) is 37.8 Å². The van der Waals surface area contributed by atoms with Crippen molar-refractivity contribution in [1.29, 1.82) is 0 Å². The van der Waals surface area contributed by atoms with E-state index in [0.29, 0.717) is 44.5 Å². The van der Waals surface area contributed by atoms with E-state index in [1.807, 2.05) is 44.2 Å². The number of carbonyl (C=O) groups is 1. The molecule has 176 valence electrons. The lowest BCUT2D eigenvalue weighted by Gasteiger charge is -2.41. The monoisotopic (exact) mass is 470 g/mol. The molecular formula is C24H30ClF3N2O2. The lowest BCUT2D eigenvalue weighted by molar-refractivity contribution is -0.137. The Bertz CT molecular complexity index is 884. The normalized spacial score (nSPS) is 17.3. The minimum Gasteiger partial charge on any atom is -0.385 e. The Balaban J connectivity index is 0.00000363. The number of anilines is 1. The second kappa shape index (κ2) is 10.7. The van der Waals surface area contributed by atoms with Gasteiger partial charge in [0.05, 0.1) is 11.2 Å². The van der Waals surface area contributed by atoms with E-state index in [1.54, 1.807) is 11.0 Å². The summed E-state index contributed by atoms with van der Waals surface area (Å²) in [5, 5.41) is 11.0. The first kappa shape index (κ1) is 26.2. The number of hydrogen-bond donors (Lipinski definition) is 1. The molecule has 1 aliphatic rings. The predicted molar refractivity (Wildman–Crippen MR) is 122 cm³/mol. The lowest BCUT2D eigenvalue weighted by Crippen LogP contribution is -2.49. The Kier molecular flexibility index (Phi) is 8.74. The first-order chi connectivity index (χ1) is 14.6. The molecule has 1 heterocycles. The van der Waals surface area contributed by atoms with Crippen LogP contribution in [0.4, 0.5) is 18.9 Å². The number of rotatable bonds is 6. The molecule has 2 aromatic carbocycles. The van der Waals surface area contributed by atoms with E-state index in [0.717, 1.165) is 17.8 Å². The summed E-state index contributed by atoms with van der Waals surface area (Å²) in [5.74, 6) is 0.0381. The van der Waals surface area contributed by atoms with Crippen LogP contribution in [0.2, 0.25) is 0 Å². The summed E-state index contributed by atoms with van der Waals surface area (Å²) in [5.41, 5.74) is -0.869. The van der Waals surface area contributed by atoms with Gasteiger partial charge in [0.1, 0.15) is 0 Å². The molecule has 4 nitrogen and oxygen atoms in total. The highest BCUT2D eigenvalue weighted by Gasteiger charge is 2.37. The maximum atomic E-state index is 13.1. The number of likely N-dealkylation sites (tertiary alicyclic amines) is 1. The maximum absolute atomic E-state index is 13.1. The molecule has 1 unspecified atom stereocenters. The summed E-state index contributed by atoms with van der Waals surface area (Å²) in [6.07, 6.45) is -3.36. The summed E-state index contributed by atoms with van der Waals surface area (Å²) in [6.45, 7) is 5.54. The van der Waals surface area contributed by atoms with E-state index in [9.17, 15) is 23.1 Å². The molecule has 1 aliphatic heterocycles. The highest BCUT2D eigenvalue weighted by atomic mass is 35.5. The number of piperidine rings is 1. The molecule has 0 saturated carbocycles. The molecule has 1 atom stereocenters. The SMILES string of the molecule is CCC(=O)N(c1ccccc1)C(C)CN1CCC(O)(c2cccc(C(F)(F)F)c2)CC1.Cl. The van der Waals surface area contributed by atoms with Crippen LogP contribution < -0.4 is 4.90 Å². The fourth-order valence-corrected chi connectivity index (χ4v) is 4.24. The van der Waals surface area contributed by atoms with Crippen LogP contribution >= 0.6 is 12.4 Å². The van der Waals surface area contributed by atoms with Crippen LogP contribution in [-0.2, 0) is 16.6 Å². The van der Waals surface area contributed by atoms with E-state index >= 15 is 0 Å². The third-order valence-corrected chi connectivity index (χ3v) is 5.98. The van der Waals surface area contributed by atoms with Crippen LogP contribution in [0.25, 0.3) is 0 Å². The van der Waals surface area contributed by atoms with Gasteiger partial charge in [0.25, 0.3) is 0 Å². The molecule has 0 radical (unpaired) electrons. The molecule has 0 aliphatic carbocycles. The lowest BCUT2D eigenvalue weighted by atomic mass is 9.83. The average Bonchev–Trinajstić information content (AvgIpc) is 2.76. The van der Waals surface area contributed by atoms with Gasteiger partial charge >= 0.3 is 6.18 Å². The molecule has 1 saturated heterocycles. The van der Waals surface area contributed by atoms with Gasteiger partial charge in [0.2, 0.25) is 5.91 Å². The number of alkyl halides is 3. The van der Waals surface area contributed by atoms with Gasteiger partial charge < -0.3 is 14.9 Å². The first-order valence-corrected chi connectivity index (χ1v) is 10.6. The molecule has 0 spiro atoms.